The van der Waals surface area contributed by atoms with E-state index >= 15 is 0 Å². The maximum atomic E-state index is 11.3. The van der Waals surface area contributed by atoms with Gasteiger partial charge in [-0.2, -0.15) is 0 Å². The number of aliphatic hydroxyl groups excluding tert-OH is 1. The van der Waals surface area contributed by atoms with Crippen LogP contribution in [-0.4, -0.2) is 24.9 Å². The summed E-state index contributed by atoms with van der Waals surface area (Å²) in [5.74, 6) is 0. The normalized spacial score (nSPS) is 11.0. The highest BCUT2D eigenvalue weighted by atomic mass is 35.5. The molecule has 0 saturated heterocycles. The van der Waals surface area contributed by atoms with Gasteiger partial charge in [-0.15, -0.1) is 16.4 Å². The Labute approximate surface area is 110 Å². The number of nitrogens with zero attached hydrogens (tertiary/aromatic N) is 3. The third kappa shape index (κ3) is 2.54. The van der Waals surface area contributed by atoms with Gasteiger partial charge in [0.15, 0.2) is 9.50 Å². The fourth-order valence-electron chi connectivity index (χ4n) is 1.19. The highest BCUT2D eigenvalue weighted by molar-refractivity contribution is 8.00. The lowest BCUT2D eigenvalue weighted by Crippen LogP contribution is -2.15. The monoisotopic (exact) mass is 292 g/mol. The molecule has 2 aromatic heterocycles. The largest absolute Gasteiger partial charge is 0.391 e. The van der Waals surface area contributed by atoms with Crippen molar-refractivity contribution >= 4 is 34.7 Å². The Kier molecular flexibility index (Phi) is 3.87. The van der Waals surface area contributed by atoms with Crippen LogP contribution in [0.2, 0.25) is 5.15 Å². The van der Waals surface area contributed by atoms with Crippen LogP contribution in [-0.2, 0) is 13.2 Å². The van der Waals surface area contributed by atoms with Crippen LogP contribution in [0.1, 0.15) is 11.8 Å². The molecular weight excluding hydrogens is 284 g/mol. The third-order valence-corrected chi connectivity index (χ3v) is 4.51. The van der Waals surface area contributed by atoms with E-state index in [9.17, 15) is 4.79 Å². The van der Waals surface area contributed by atoms with Gasteiger partial charge in [0.25, 0.3) is 0 Å². The van der Waals surface area contributed by atoms with Crippen molar-refractivity contribution in [2.24, 2.45) is 0 Å². The summed E-state index contributed by atoms with van der Waals surface area (Å²) in [6, 6.07) is 0. The summed E-state index contributed by atoms with van der Waals surface area (Å²) in [7, 11) is 0. The molecule has 6 nitrogen and oxygen atoms in total. The second-order valence-electron chi connectivity index (χ2n) is 3.01. The topological polar surface area (TPSA) is 83.8 Å². The van der Waals surface area contributed by atoms with Crippen molar-refractivity contribution in [3.05, 3.63) is 20.5 Å². The minimum Gasteiger partial charge on any atom is -0.391 e. The summed E-state index contributed by atoms with van der Waals surface area (Å²) in [5.41, 5.74) is -0.250. The second-order valence-corrected chi connectivity index (χ2v) is 5.67. The molecule has 0 aliphatic carbocycles. The first-order chi connectivity index (χ1) is 8.15. The van der Waals surface area contributed by atoms with Crippen LogP contribution in [0.3, 0.4) is 0 Å². The first-order valence-electron chi connectivity index (χ1n) is 4.74. The molecule has 0 radical (unpaired) electrons. The zero-order valence-corrected chi connectivity index (χ0v) is 11.2. The molecule has 2 aromatic rings. The molecule has 0 saturated carbocycles. The molecule has 17 heavy (non-hydrogen) atoms. The van der Waals surface area contributed by atoms with E-state index in [1.165, 1.54) is 27.7 Å². The molecule has 0 aromatic carbocycles. The molecular formula is C8H9ClN4O2S2. The molecule has 0 atom stereocenters. The Hall–Kier alpha value is -0.830. The Balaban J connectivity index is 2.28. The quantitative estimate of drug-likeness (QED) is 0.888. The zero-order chi connectivity index (χ0) is 12.4. The molecule has 0 aliphatic rings. The number of thiazole rings is 1. The summed E-state index contributed by atoms with van der Waals surface area (Å²) in [4.78, 5) is 16.0. The van der Waals surface area contributed by atoms with Crippen molar-refractivity contribution in [3.8, 4) is 0 Å². The maximum Gasteiger partial charge on any atom is 0.343 e. The lowest BCUT2D eigenvalue weighted by molar-refractivity contribution is 0.285. The van der Waals surface area contributed by atoms with E-state index in [2.05, 4.69) is 15.2 Å². The third-order valence-electron chi connectivity index (χ3n) is 1.99. The van der Waals surface area contributed by atoms with Gasteiger partial charge in [0, 0.05) is 6.54 Å². The van der Waals surface area contributed by atoms with Gasteiger partial charge in [-0.25, -0.2) is 14.9 Å². The van der Waals surface area contributed by atoms with Crippen molar-refractivity contribution < 1.29 is 5.11 Å². The van der Waals surface area contributed by atoms with Gasteiger partial charge >= 0.3 is 5.69 Å². The summed E-state index contributed by atoms with van der Waals surface area (Å²) in [5, 5.41) is 16.1. The minimum atomic E-state index is -0.250. The smallest absolute Gasteiger partial charge is 0.343 e. The van der Waals surface area contributed by atoms with E-state index in [4.69, 9.17) is 16.7 Å². The molecule has 0 unspecified atom stereocenters. The number of hydrogen-bond donors (Lipinski definition) is 2. The van der Waals surface area contributed by atoms with Gasteiger partial charge in [-0.05, 0) is 18.7 Å². The van der Waals surface area contributed by atoms with Crippen molar-refractivity contribution in [2.75, 3.05) is 0 Å². The zero-order valence-electron chi connectivity index (χ0n) is 8.81. The van der Waals surface area contributed by atoms with Gasteiger partial charge in [-0.1, -0.05) is 11.6 Å². The Morgan fingerprint density at radius 3 is 3.00 bits per heavy atom. The number of aromatic nitrogens is 4. The van der Waals surface area contributed by atoms with Crippen LogP contribution >= 0.6 is 34.7 Å². The first-order valence-corrected chi connectivity index (χ1v) is 6.76. The van der Waals surface area contributed by atoms with Crippen LogP contribution < -0.4 is 5.69 Å². The van der Waals surface area contributed by atoms with Crippen LogP contribution in [0, 0.1) is 0 Å². The van der Waals surface area contributed by atoms with Crippen molar-refractivity contribution in [3.63, 3.8) is 0 Å². The van der Waals surface area contributed by atoms with Crippen LogP contribution in [0.15, 0.2) is 14.3 Å². The number of rotatable bonds is 4. The number of aromatic amines is 1. The summed E-state index contributed by atoms with van der Waals surface area (Å²) in [6.07, 6.45) is 0. The van der Waals surface area contributed by atoms with Gasteiger partial charge in [0.1, 0.15) is 5.15 Å². The Morgan fingerprint density at radius 2 is 2.41 bits per heavy atom. The molecule has 0 bridgehead atoms. The standard InChI is InChI=1S/C8H9ClN4O2S2/c1-2-13-6(15)11-12-7(13)17-8-10-5(9)4(3-14)16-8/h14H,2-3H2,1H3,(H,11,15). The van der Waals surface area contributed by atoms with E-state index in [0.717, 1.165) is 0 Å². The Morgan fingerprint density at radius 1 is 1.65 bits per heavy atom. The van der Waals surface area contributed by atoms with Gasteiger partial charge in [0.2, 0.25) is 0 Å². The molecule has 0 amide bonds. The summed E-state index contributed by atoms with van der Waals surface area (Å²) in [6.45, 7) is 2.25. The van der Waals surface area contributed by atoms with Crippen LogP contribution in [0.5, 0.6) is 0 Å². The summed E-state index contributed by atoms with van der Waals surface area (Å²) < 4.78 is 2.14. The number of halogens is 1. The molecule has 92 valence electrons. The Bertz CT molecular complexity index is 576. The van der Waals surface area contributed by atoms with Crippen LogP contribution in [0.25, 0.3) is 0 Å². The predicted octanol–water partition coefficient (Wildman–Crippen LogP) is 1.34. The van der Waals surface area contributed by atoms with E-state index in [-0.39, 0.29) is 12.3 Å². The van der Waals surface area contributed by atoms with Gasteiger partial charge in [0.05, 0.1) is 11.5 Å². The number of nitrogens with one attached hydrogen (secondary N) is 1. The van der Waals surface area contributed by atoms with Gasteiger partial charge < -0.3 is 5.11 Å². The minimum absolute atomic E-state index is 0.141. The molecule has 2 N–H and O–H groups in total. The molecule has 2 rings (SSSR count). The molecule has 9 heteroatoms. The molecule has 0 aliphatic heterocycles. The predicted molar refractivity (Wildman–Crippen MR) is 65.7 cm³/mol. The fraction of sp³-hybridized carbons (Fsp3) is 0.375. The van der Waals surface area contributed by atoms with E-state index in [1.54, 1.807) is 0 Å². The number of aliphatic hydroxyl groups is 1. The first kappa shape index (κ1) is 12.6. The van der Waals surface area contributed by atoms with Crippen molar-refractivity contribution in [2.45, 2.75) is 29.6 Å². The maximum absolute atomic E-state index is 11.3. The highest BCUT2D eigenvalue weighted by Gasteiger charge is 2.13. The van der Waals surface area contributed by atoms with Crippen LogP contribution in [0.4, 0.5) is 0 Å². The second kappa shape index (κ2) is 5.21. The molecule has 0 fully saturated rings. The molecule has 0 spiro atoms. The van der Waals surface area contributed by atoms with Gasteiger partial charge in [-0.3, -0.25) is 4.57 Å². The number of H-pyrrole nitrogens is 1. The van der Waals surface area contributed by atoms with E-state index in [1.807, 2.05) is 6.92 Å². The van der Waals surface area contributed by atoms with E-state index < -0.39 is 0 Å². The average molecular weight is 293 g/mol. The lowest BCUT2D eigenvalue weighted by atomic mass is 10.6. The van der Waals surface area contributed by atoms with E-state index in [0.29, 0.717) is 26.1 Å². The summed E-state index contributed by atoms with van der Waals surface area (Å²) >= 11 is 8.35. The SMILES string of the molecule is CCn1c(Sc2nc(Cl)c(CO)s2)n[nH]c1=O. The van der Waals surface area contributed by atoms with Crippen molar-refractivity contribution in [1.29, 1.82) is 0 Å². The average Bonchev–Trinajstić information content (AvgIpc) is 2.83. The van der Waals surface area contributed by atoms with Crippen molar-refractivity contribution in [1.82, 2.24) is 19.7 Å². The lowest BCUT2D eigenvalue weighted by Gasteiger charge is -1.97. The molecule has 2 heterocycles. The number of hydrogen-bond acceptors (Lipinski definition) is 6. The fourth-order valence-corrected chi connectivity index (χ4v) is 3.49. The highest BCUT2D eigenvalue weighted by Crippen LogP contribution is 2.33.